The monoisotopic (exact) mass is 558 g/mol. The number of piperazine rings is 1. The summed E-state index contributed by atoms with van der Waals surface area (Å²) in [6.45, 7) is 8.50. The number of hydrogen-bond donors (Lipinski definition) is 2. The third-order valence-electron chi connectivity index (χ3n) is 7.31. The van der Waals surface area contributed by atoms with Crippen molar-refractivity contribution >= 4 is 37.2 Å². The van der Waals surface area contributed by atoms with Crippen molar-refractivity contribution < 1.29 is 0 Å². The summed E-state index contributed by atoms with van der Waals surface area (Å²) in [5.74, 6) is 1.10. The lowest BCUT2D eigenvalue weighted by Crippen LogP contribution is -2.57. The van der Waals surface area contributed by atoms with Crippen LogP contribution in [0.5, 0.6) is 0 Å². The number of halogens is 3. The molecule has 5 rings (SSSR count). The van der Waals surface area contributed by atoms with Gasteiger partial charge in [0, 0.05) is 43.4 Å². The van der Waals surface area contributed by atoms with Crippen LogP contribution < -0.4 is 5.32 Å². The molecule has 1 saturated heterocycles. The first-order valence-electron chi connectivity index (χ1n) is 12.4. The third kappa shape index (κ3) is 6.05. The van der Waals surface area contributed by atoms with E-state index in [4.69, 9.17) is 4.98 Å². The minimum atomic E-state index is -0.279. The number of imidazole rings is 1. The summed E-state index contributed by atoms with van der Waals surface area (Å²) in [6.07, 6.45) is 0.960. The van der Waals surface area contributed by atoms with Gasteiger partial charge in [-0.3, -0.25) is 4.90 Å². The average molecular weight is 560 g/mol. The summed E-state index contributed by atoms with van der Waals surface area (Å²) in [5, 5.41) is 3.56. The van der Waals surface area contributed by atoms with Crippen LogP contribution in [0, 0.1) is 6.92 Å². The van der Waals surface area contributed by atoms with Crippen LogP contribution in [0.4, 0.5) is 0 Å². The van der Waals surface area contributed by atoms with Crippen molar-refractivity contribution in [1.82, 2.24) is 20.2 Å². The van der Waals surface area contributed by atoms with Gasteiger partial charge in [-0.1, -0.05) is 97.9 Å². The van der Waals surface area contributed by atoms with Crippen LogP contribution in [-0.4, -0.2) is 41.0 Å². The number of nitrogens with one attached hydrogen (secondary N) is 2. The van der Waals surface area contributed by atoms with E-state index in [1.807, 2.05) is 0 Å². The molecule has 0 saturated carbocycles. The molecule has 1 aliphatic rings. The number of nitrogens with zero attached hydrogens (tertiary/aromatic N) is 2. The first-order chi connectivity index (χ1) is 16.7. The van der Waals surface area contributed by atoms with Gasteiger partial charge in [0.1, 0.15) is 5.82 Å². The van der Waals surface area contributed by atoms with Gasteiger partial charge in [-0.15, -0.1) is 37.2 Å². The molecule has 1 aromatic heterocycles. The molecule has 4 nitrogen and oxygen atoms in total. The maximum Gasteiger partial charge on any atom is 0.137 e. The summed E-state index contributed by atoms with van der Waals surface area (Å²) in [6, 6.07) is 32.5. The fourth-order valence-electron chi connectivity index (χ4n) is 5.78. The molecule has 7 heteroatoms. The van der Waals surface area contributed by atoms with Crippen LogP contribution in [0.2, 0.25) is 0 Å². The van der Waals surface area contributed by atoms with E-state index in [0.29, 0.717) is 0 Å². The minimum Gasteiger partial charge on any atom is -0.342 e. The summed E-state index contributed by atoms with van der Waals surface area (Å²) in [7, 11) is 0. The molecule has 2 heterocycles. The van der Waals surface area contributed by atoms with E-state index in [0.717, 1.165) is 55.4 Å². The molecule has 37 heavy (non-hydrogen) atoms. The Bertz CT molecular complexity index is 1160. The van der Waals surface area contributed by atoms with Crippen molar-refractivity contribution in [2.24, 2.45) is 0 Å². The van der Waals surface area contributed by atoms with E-state index in [2.05, 4.69) is 120 Å². The van der Waals surface area contributed by atoms with Crippen LogP contribution in [0.1, 0.15) is 41.8 Å². The van der Waals surface area contributed by atoms with Crippen LogP contribution in [0.15, 0.2) is 91.0 Å². The van der Waals surface area contributed by atoms with E-state index < -0.39 is 0 Å². The average Bonchev–Trinajstić information content (AvgIpc) is 3.31. The SMILES string of the molecule is CCC(c1nc(-c2ccccc2)[nH]c1C)(C(c1ccccc1)c1ccccc1)N1CCNCC1.Cl.Cl.Cl. The second-order valence-corrected chi connectivity index (χ2v) is 9.19. The Morgan fingerprint density at radius 1 is 0.784 bits per heavy atom. The molecule has 0 bridgehead atoms. The minimum absolute atomic E-state index is 0. The molecule has 4 aromatic rings. The number of H-pyrrole nitrogens is 1. The fourth-order valence-corrected chi connectivity index (χ4v) is 5.78. The highest BCUT2D eigenvalue weighted by Gasteiger charge is 2.48. The molecule has 3 aromatic carbocycles. The standard InChI is InChI=1S/C30H34N4.3ClH/c1-3-30(34-21-19-31-20-22-34,28-23(2)32-29(33-28)26-17-11-6-12-18-26)27(24-13-7-4-8-14-24)25-15-9-5-10-16-25;;;/h4-18,27,31H,3,19-22H2,1-2H3,(H,32,33);3*1H. The van der Waals surface area contributed by atoms with Gasteiger partial charge in [0.05, 0.1) is 11.2 Å². The second kappa shape index (κ2) is 14.0. The van der Waals surface area contributed by atoms with Crippen molar-refractivity contribution in [2.75, 3.05) is 26.2 Å². The molecule has 0 radical (unpaired) electrons. The fraction of sp³-hybridized carbons (Fsp3) is 0.300. The number of rotatable bonds is 7. The van der Waals surface area contributed by atoms with Crippen LogP contribution in [0.3, 0.4) is 0 Å². The Labute approximate surface area is 239 Å². The predicted molar refractivity (Wildman–Crippen MR) is 162 cm³/mol. The molecule has 1 aliphatic heterocycles. The quantitative estimate of drug-likeness (QED) is 0.256. The number of benzene rings is 3. The maximum absolute atomic E-state index is 5.35. The van der Waals surface area contributed by atoms with Crippen molar-refractivity contribution in [3.63, 3.8) is 0 Å². The van der Waals surface area contributed by atoms with Crippen molar-refractivity contribution in [3.05, 3.63) is 114 Å². The molecule has 1 atom stereocenters. The molecule has 0 spiro atoms. The van der Waals surface area contributed by atoms with Gasteiger partial charge in [-0.05, 0) is 24.5 Å². The zero-order chi connectivity index (χ0) is 23.4. The maximum atomic E-state index is 5.35. The third-order valence-corrected chi connectivity index (χ3v) is 7.31. The summed E-state index contributed by atoms with van der Waals surface area (Å²) in [5.41, 5.74) is 5.82. The summed E-state index contributed by atoms with van der Waals surface area (Å²) in [4.78, 5) is 11.7. The smallest absolute Gasteiger partial charge is 0.137 e. The summed E-state index contributed by atoms with van der Waals surface area (Å²) < 4.78 is 0. The van der Waals surface area contributed by atoms with Crippen molar-refractivity contribution in [1.29, 1.82) is 0 Å². The normalized spacial score (nSPS) is 15.1. The molecule has 0 aliphatic carbocycles. The number of hydrogen-bond acceptors (Lipinski definition) is 3. The van der Waals surface area contributed by atoms with Gasteiger partial charge in [0.15, 0.2) is 0 Å². The second-order valence-electron chi connectivity index (χ2n) is 9.19. The van der Waals surface area contributed by atoms with Crippen LogP contribution >= 0.6 is 37.2 Å². The Morgan fingerprint density at radius 3 is 1.76 bits per heavy atom. The zero-order valence-electron chi connectivity index (χ0n) is 21.4. The number of aromatic nitrogens is 2. The number of aryl methyl sites for hydroxylation is 1. The molecule has 198 valence electrons. The molecular weight excluding hydrogens is 523 g/mol. The first kappa shape index (κ1) is 30.9. The van der Waals surface area contributed by atoms with Gasteiger partial charge in [0.2, 0.25) is 0 Å². The molecule has 2 N–H and O–H groups in total. The van der Waals surface area contributed by atoms with Gasteiger partial charge >= 0.3 is 0 Å². The Morgan fingerprint density at radius 2 is 1.27 bits per heavy atom. The van der Waals surface area contributed by atoms with E-state index in [9.17, 15) is 0 Å². The van der Waals surface area contributed by atoms with E-state index in [1.54, 1.807) is 0 Å². The van der Waals surface area contributed by atoms with Crippen LogP contribution in [-0.2, 0) is 5.54 Å². The Hall–Kier alpha value is -2.34. The molecular formula is C30H37Cl3N4. The van der Waals surface area contributed by atoms with E-state index in [1.165, 1.54) is 11.1 Å². The van der Waals surface area contributed by atoms with Gasteiger partial charge < -0.3 is 10.3 Å². The van der Waals surface area contributed by atoms with Gasteiger partial charge in [0.25, 0.3) is 0 Å². The topological polar surface area (TPSA) is 44.0 Å². The lowest BCUT2D eigenvalue weighted by Gasteiger charge is -2.50. The highest BCUT2D eigenvalue weighted by molar-refractivity contribution is 5.86. The highest BCUT2D eigenvalue weighted by Crippen LogP contribution is 2.49. The largest absolute Gasteiger partial charge is 0.342 e. The molecule has 1 fully saturated rings. The highest BCUT2D eigenvalue weighted by atomic mass is 35.5. The van der Waals surface area contributed by atoms with E-state index >= 15 is 0 Å². The van der Waals surface area contributed by atoms with Gasteiger partial charge in [-0.2, -0.15) is 0 Å². The Balaban J connectivity index is 0.00000160. The summed E-state index contributed by atoms with van der Waals surface area (Å²) >= 11 is 0. The molecule has 1 unspecified atom stereocenters. The lowest BCUT2D eigenvalue weighted by molar-refractivity contribution is 0.0472. The van der Waals surface area contributed by atoms with Crippen molar-refractivity contribution in [3.8, 4) is 11.4 Å². The lowest BCUT2D eigenvalue weighted by atomic mass is 9.69. The first-order valence-corrected chi connectivity index (χ1v) is 12.4. The van der Waals surface area contributed by atoms with Gasteiger partial charge in [-0.25, -0.2) is 4.98 Å². The number of aromatic amines is 1. The van der Waals surface area contributed by atoms with Crippen LogP contribution in [0.25, 0.3) is 11.4 Å². The zero-order valence-corrected chi connectivity index (χ0v) is 23.8. The Kier molecular flexibility index (Phi) is 11.7. The van der Waals surface area contributed by atoms with Crippen molar-refractivity contribution in [2.45, 2.75) is 31.7 Å². The van der Waals surface area contributed by atoms with E-state index in [-0.39, 0.29) is 48.7 Å². The molecule has 0 amide bonds. The predicted octanol–water partition coefficient (Wildman–Crippen LogP) is 6.99.